The van der Waals surface area contributed by atoms with Gasteiger partial charge in [0.1, 0.15) is 0 Å². The second kappa shape index (κ2) is 5.73. The number of hydrogen-bond acceptors (Lipinski definition) is 3. The summed E-state index contributed by atoms with van der Waals surface area (Å²) in [6.45, 7) is 7.59. The van der Waals surface area contributed by atoms with E-state index in [0.29, 0.717) is 19.1 Å². The number of anilines is 1. The lowest BCUT2D eigenvalue weighted by molar-refractivity contribution is 0.577. The maximum atomic E-state index is 11.5. The van der Waals surface area contributed by atoms with E-state index in [0.717, 1.165) is 11.4 Å². The van der Waals surface area contributed by atoms with Gasteiger partial charge in [-0.3, -0.25) is 4.79 Å². The van der Waals surface area contributed by atoms with E-state index in [1.54, 1.807) is 10.6 Å². The molecule has 0 aliphatic heterocycles. The normalized spacial score (nSPS) is 10.9. The topological polar surface area (TPSA) is 51.9 Å². The maximum absolute atomic E-state index is 11.5. The largest absolute Gasteiger partial charge is 0.378 e. The quantitative estimate of drug-likeness (QED) is 0.897. The summed E-state index contributed by atoms with van der Waals surface area (Å²) in [6.07, 6.45) is 5.55. The Morgan fingerprint density at radius 3 is 2.84 bits per heavy atom. The summed E-state index contributed by atoms with van der Waals surface area (Å²) in [6, 6.07) is 3.79. The standard InChI is InChI=1S/C14H20N4O/c1-4-17-9-12(5-6-14(17)19)16-8-13-7-15-10-18(13)11(2)3/h5-7,9-11,16H,4,8H2,1-3H3. The van der Waals surface area contributed by atoms with Crippen LogP contribution in [0.15, 0.2) is 35.6 Å². The highest BCUT2D eigenvalue weighted by Gasteiger charge is 2.05. The molecule has 0 bridgehead atoms. The fourth-order valence-corrected chi connectivity index (χ4v) is 2.01. The maximum Gasteiger partial charge on any atom is 0.250 e. The van der Waals surface area contributed by atoms with Gasteiger partial charge in [-0.15, -0.1) is 0 Å². The first-order chi connectivity index (χ1) is 9.11. The number of imidazole rings is 1. The van der Waals surface area contributed by atoms with E-state index in [1.807, 2.05) is 31.7 Å². The summed E-state index contributed by atoms with van der Waals surface area (Å²) in [4.78, 5) is 15.7. The van der Waals surface area contributed by atoms with Crippen molar-refractivity contribution in [3.63, 3.8) is 0 Å². The Kier molecular flexibility index (Phi) is 4.04. The molecule has 0 saturated carbocycles. The van der Waals surface area contributed by atoms with Crippen LogP contribution in [0.2, 0.25) is 0 Å². The number of rotatable bonds is 5. The first kappa shape index (κ1) is 13.4. The zero-order chi connectivity index (χ0) is 13.8. The number of pyridine rings is 1. The molecule has 5 nitrogen and oxygen atoms in total. The van der Waals surface area contributed by atoms with Crippen molar-refractivity contribution in [1.29, 1.82) is 0 Å². The monoisotopic (exact) mass is 260 g/mol. The smallest absolute Gasteiger partial charge is 0.250 e. The Balaban J connectivity index is 2.10. The Labute approximate surface area is 112 Å². The minimum Gasteiger partial charge on any atom is -0.378 e. The summed E-state index contributed by atoms with van der Waals surface area (Å²) in [5, 5.41) is 3.32. The van der Waals surface area contributed by atoms with Gasteiger partial charge in [0.25, 0.3) is 5.56 Å². The van der Waals surface area contributed by atoms with E-state index >= 15 is 0 Å². The van der Waals surface area contributed by atoms with Crippen molar-refractivity contribution in [1.82, 2.24) is 14.1 Å². The van der Waals surface area contributed by atoms with Crippen LogP contribution in [0, 0.1) is 0 Å². The van der Waals surface area contributed by atoms with E-state index < -0.39 is 0 Å². The Morgan fingerprint density at radius 2 is 2.16 bits per heavy atom. The molecule has 0 atom stereocenters. The lowest BCUT2D eigenvalue weighted by atomic mass is 10.3. The lowest BCUT2D eigenvalue weighted by Crippen LogP contribution is -2.18. The van der Waals surface area contributed by atoms with E-state index in [2.05, 4.69) is 28.7 Å². The van der Waals surface area contributed by atoms with Crippen LogP contribution < -0.4 is 10.9 Å². The molecule has 0 saturated heterocycles. The number of aromatic nitrogens is 3. The van der Waals surface area contributed by atoms with Crippen LogP contribution in [-0.4, -0.2) is 14.1 Å². The molecule has 0 unspecified atom stereocenters. The van der Waals surface area contributed by atoms with Crippen LogP contribution in [0.1, 0.15) is 32.5 Å². The van der Waals surface area contributed by atoms with Gasteiger partial charge >= 0.3 is 0 Å². The first-order valence-corrected chi connectivity index (χ1v) is 6.57. The summed E-state index contributed by atoms with van der Waals surface area (Å²) < 4.78 is 3.81. The predicted molar refractivity (Wildman–Crippen MR) is 76.3 cm³/mol. The number of nitrogens with one attached hydrogen (secondary N) is 1. The molecule has 0 aromatic carbocycles. The van der Waals surface area contributed by atoms with Gasteiger partial charge in [-0.25, -0.2) is 4.98 Å². The summed E-state index contributed by atoms with van der Waals surface area (Å²) >= 11 is 0. The molecule has 1 N–H and O–H groups in total. The van der Waals surface area contributed by atoms with Gasteiger partial charge in [0, 0.05) is 31.0 Å². The van der Waals surface area contributed by atoms with Crippen molar-refractivity contribution in [3.05, 3.63) is 46.9 Å². The molecule has 19 heavy (non-hydrogen) atoms. The molecular weight excluding hydrogens is 240 g/mol. The fraction of sp³-hybridized carbons (Fsp3) is 0.429. The average molecular weight is 260 g/mol. The molecule has 0 radical (unpaired) electrons. The molecule has 2 heterocycles. The summed E-state index contributed by atoms with van der Waals surface area (Å²) in [7, 11) is 0. The Morgan fingerprint density at radius 1 is 1.37 bits per heavy atom. The molecule has 102 valence electrons. The van der Waals surface area contributed by atoms with E-state index in [1.165, 1.54) is 0 Å². The zero-order valence-corrected chi connectivity index (χ0v) is 11.6. The van der Waals surface area contributed by atoms with Crippen molar-refractivity contribution in [3.8, 4) is 0 Å². The summed E-state index contributed by atoms with van der Waals surface area (Å²) in [5.74, 6) is 0. The molecule has 2 aromatic heterocycles. The summed E-state index contributed by atoms with van der Waals surface area (Å²) in [5.41, 5.74) is 2.10. The van der Waals surface area contributed by atoms with Gasteiger partial charge in [-0.2, -0.15) is 0 Å². The van der Waals surface area contributed by atoms with Crippen molar-refractivity contribution in [2.24, 2.45) is 0 Å². The molecule has 2 aromatic rings. The highest BCUT2D eigenvalue weighted by molar-refractivity contribution is 5.40. The van der Waals surface area contributed by atoms with Gasteiger partial charge < -0.3 is 14.5 Å². The molecule has 0 spiro atoms. The minimum atomic E-state index is 0.0280. The highest BCUT2D eigenvalue weighted by atomic mass is 16.1. The fourth-order valence-electron chi connectivity index (χ4n) is 2.01. The molecular formula is C14H20N4O. The van der Waals surface area contributed by atoms with Crippen LogP contribution in [-0.2, 0) is 13.1 Å². The molecule has 0 amide bonds. The molecule has 0 fully saturated rings. The number of nitrogens with zero attached hydrogens (tertiary/aromatic N) is 3. The highest BCUT2D eigenvalue weighted by Crippen LogP contribution is 2.11. The van der Waals surface area contributed by atoms with Gasteiger partial charge in [0.05, 0.1) is 24.3 Å². The van der Waals surface area contributed by atoms with Crippen LogP contribution in [0.4, 0.5) is 5.69 Å². The SMILES string of the molecule is CCn1cc(NCc2cncn2C(C)C)ccc1=O. The lowest BCUT2D eigenvalue weighted by Gasteiger charge is -2.13. The molecule has 0 aliphatic carbocycles. The van der Waals surface area contributed by atoms with Crippen molar-refractivity contribution >= 4 is 5.69 Å². The second-order valence-corrected chi connectivity index (χ2v) is 4.78. The molecule has 5 heteroatoms. The number of aryl methyl sites for hydroxylation is 1. The first-order valence-electron chi connectivity index (χ1n) is 6.57. The van der Waals surface area contributed by atoms with Crippen molar-refractivity contribution in [2.45, 2.75) is 39.9 Å². The van der Waals surface area contributed by atoms with Gasteiger partial charge in [0.15, 0.2) is 0 Å². The van der Waals surface area contributed by atoms with Crippen LogP contribution >= 0.6 is 0 Å². The van der Waals surface area contributed by atoms with Crippen LogP contribution in [0.25, 0.3) is 0 Å². The third-order valence-electron chi connectivity index (χ3n) is 3.10. The van der Waals surface area contributed by atoms with Crippen LogP contribution in [0.5, 0.6) is 0 Å². The minimum absolute atomic E-state index is 0.0280. The van der Waals surface area contributed by atoms with E-state index in [-0.39, 0.29) is 5.56 Å². The Bertz CT molecular complexity index is 597. The van der Waals surface area contributed by atoms with Gasteiger partial charge in [0.2, 0.25) is 0 Å². The second-order valence-electron chi connectivity index (χ2n) is 4.78. The van der Waals surface area contributed by atoms with Crippen LogP contribution in [0.3, 0.4) is 0 Å². The van der Waals surface area contributed by atoms with Gasteiger partial charge in [-0.05, 0) is 26.8 Å². The van der Waals surface area contributed by atoms with Crippen molar-refractivity contribution < 1.29 is 0 Å². The number of hydrogen-bond donors (Lipinski definition) is 1. The average Bonchev–Trinajstić information content (AvgIpc) is 2.86. The van der Waals surface area contributed by atoms with Gasteiger partial charge in [-0.1, -0.05) is 0 Å². The Hall–Kier alpha value is -2.04. The third kappa shape index (κ3) is 3.05. The van der Waals surface area contributed by atoms with E-state index in [9.17, 15) is 4.79 Å². The molecule has 2 rings (SSSR count). The van der Waals surface area contributed by atoms with E-state index in [4.69, 9.17) is 0 Å². The van der Waals surface area contributed by atoms with Crippen molar-refractivity contribution in [2.75, 3.05) is 5.32 Å². The zero-order valence-electron chi connectivity index (χ0n) is 11.6. The third-order valence-corrected chi connectivity index (χ3v) is 3.10. The molecule has 0 aliphatic rings. The predicted octanol–water partition coefficient (Wildman–Crippen LogP) is 2.26.